The zero-order valence-corrected chi connectivity index (χ0v) is 18.3. The first kappa shape index (κ1) is 21.7. The predicted octanol–water partition coefficient (Wildman–Crippen LogP) is 2.48. The molecule has 166 valence electrons. The van der Waals surface area contributed by atoms with Crippen molar-refractivity contribution in [2.24, 2.45) is 0 Å². The average Bonchev–Trinajstić information content (AvgIpc) is 3.08. The molecule has 1 aliphatic heterocycles. The van der Waals surface area contributed by atoms with Gasteiger partial charge in [-0.2, -0.15) is 5.10 Å². The average molecular weight is 436 g/mol. The fraction of sp³-hybridized carbons (Fsp3) is 0.333. The van der Waals surface area contributed by atoms with Crippen LogP contribution in [0.2, 0.25) is 0 Å². The van der Waals surface area contributed by atoms with Crippen LogP contribution in [0.3, 0.4) is 0 Å². The largest absolute Gasteiger partial charge is 0.339 e. The quantitative estimate of drug-likeness (QED) is 0.617. The molecule has 1 aromatic carbocycles. The van der Waals surface area contributed by atoms with Gasteiger partial charge in [0.1, 0.15) is 5.82 Å². The number of hydrogen-bond donors (Lipinski definition) is 0. The Bertz CT molecular complexity index is 1100. The first-order chi connectivity index (χ1) is 15.4. The molecule has 0 saturated carbocycles. The van der Waals surface area contributed by atoms with Crippen molar-refractivity contribution in [2.75, 3.05) is 26.2 Å². The molecule has 0 atom stereocenters. The van der Waals surface area contributed by atoms with E-state index in [0.29, 0.717) is 26.2 Å². The number of amides is 2. The monoisotopic (exact) mass is 435 g/mol. The number of benzene rings is 1. The predicted molar refractivity (Wildman–Crippen MR) is 118 cm³/mol. The molecule has 0 spiro atoms. The minimum atomic E-state index is -0.302. The summed E-state index contributed by atoms with van der Waals surface area (Å²) in [7, 11) is 0. The van der Waals surface area contributed by atoms with E-state index in [4.69, 9.17) is 0 Å². The van der Waals surface area contributed by atoms with Crippen LogP contribution in [0.1, 0.15) is 22.6 Å². The number of hydrogen-bond acceptors (Lipinski definition) is 4. The smallest absolute Gasteiger partial charge is 0.228 e. The topological polar surface area (TPSA) is 71.3 Å². The molecule has 3 aromatic rings. The summed E-state index contributed by atoms with van der Waals surface area (Å²) in [5.41, 5.74) is 4.04. The fourth-order valence-corrected chi connectivity index (χ4v) is 4.00. The highest BCUT2D eigenvalue weighted by Gasteiger charge is 2.26. The number of halogens is 1. The van der Waals surface area contributed by atoms with Gasteiger partial charge in [-0.25, -0.2) is 9.07 Å². The summed E-state index contributed by atoms with van der Waals surface area (Å²) in [5.74, 6) is -0.252. The van der Waals surface area contributed by atoms with Crippen molar-refractivity contribution in [3.63, 3.8) is 0 Å². The number of pyridine rings is 1. The number of carbonyl (C=O) groups is 2. The van der Waals surface area contributed by atoms with Gasteiger partial charge in [0.05, 0.1) is 24.2 Å². The second-order valence-electron chi connectivity index (χ2n) is 7.97. The van der Waals surface area contributed by atoms with Crippen molar-refractivity contribution in [3.05, 3.63) is 77.1 Å². The molecule has 0 aliphatic carbocycles. The molecule has 0 N–H and O–H groups in total. The molecular formula is C24H26FN5O2. The molecule has 0 radical (unpaired) electrons. The van der Waals surface area contributed by atoms with E-state index in [0.717, 1.165) is 28.3 Å². The third-order valence-electron chi connectivity index (χ3n) is 5.88. The van der Waals surface area contributed by atoms with Gasteiger partial charge in [0, 0.05) is 49.3 Å². The number of nitrogens with zero attached hydrogens (tertiary/aromatic N) is 5. The summed E-state index contributed by atoms with van der Waals surface area (Å²) >= 11 is 0. The van der Waals surface area contributed by atoms with Crippen molar-refractivity contribution < 1.29 is 14.0 Å². The SMILES string of the molecule is Cc1nn(-c2ccc(F)cc2)c(C)c1CC(=O)N1CCN(C(=O)Cc2ccccn2)CC1. The number of rotatable bonds is 5. The molecule has 1 aliphatic rings. The number of piperazine rings is 1. The molecule has 1 saturated heterocycles. The van der Waals surface area contributed by atoms with Gasteiger partial charge >= 0.3 is 0 Å². The van der Waals surface area contributed by atoms with Gasteiger partial charge in [-0.3, -0.25) is 14.6 Å². The highest BCUT2D eigenvalue weighted by Crippen LogP contribution is 2.20. The highest BCUT2D eigenvalue weighted by molar-refractivity contribution is 5.81. The van der Waals surface area contributed by atoms with Crippen LogP contribution >= 0.6 is 0 Å². The van der Waals surface area contributed by atoms with Crippen LogP contribution in [0.25, 0.3) is 5.69 Å². The minimum Gasteiger partial charge on any atom is -0.339 e. The molecule has 4 rings (SSSR count). The van der Waals surface area contributed by atoms with Crippen LogP contribution in [-0.2, 0) is 22.4 Å². The van der Waals surface area contributed by atoms with E-state index in [1.54, 1.807) is 32.8 Å². The van der Waals surface area contributed by atoms with Crippen LogP contribution in [0, 0.1) is 19.7 Å². The number of carbonyl (C=O) groups excluding carboxylic acids is 2. The van der Waals surface area contributed by atoms with Crippen LogP contribution in [0.4, 0.5) is 4.39 Å². The minimum absolute atomic E-state index is 0.0201. The van der Waals surface area contributed by atoms with Gasteiger partial charge in [0.15, 0.2) is 0 Å². The molecule has 32 heavy (non-hydrogen) atoms. The van der Waals surface area contributed by atoms with Gasteiger partial charge in [0.2, 0.25) is 11.8 Å². The van der Waals surface area contributed by atoms with E-state index in [9.17, 15) is 14.0 Å². The Hall–Kier alpha value is -3.55. The second kappa shape index (κ2) is 9.30. The number of aromatic nitrogens is 3. The van der Waals surface area contributed by atoms with Crippen LogP contribution < -0.4 is 0 Å². The van der Waals surface area contributed by atoms with Gasteiger partial charge < -0.3 is 9.80 Å². The second-order valence-corrected chi connectivity index (χ2v) is 7.97. The third kappa shape index (κ3) is 4.69. The van der Waals surface area contributed by atoms with Gasteiger partial charge in [-0.1, -0.05) is 6.07 Å². The molecule has 7 nitrogen and oxygen atoms in total. The Kier molecular flexibility index (Phi) is 6.30. The molecule has 2 amide bonds. The first-order valence-electron chi connectivity index (χ1n) is 10.7. The fourth-order valence-electron chi connectivity index (χ4n) is 4.00. The zero-order valence-electron chi connectivity index (χ0n) is 18.3. The van der Waals surface area contributed by atoms with E-state index < -0.39 is 0 Å². The number of aryl methyl sites for hydroxylation is 1. The Labute approximate surface area is 186 Å². The molecule has 8 heteroatoms. The highest BCUT2D eigenvalue weighted by atomic mass is 19.1. The van der Waals surface area contributed by atoms with Crippen LogP contribution in [-0.4, -0.2) is 62.6 Å². The maximum atomic E-state index is 13.2. The van der Waals surface area contributed by atoms with Crippen molar-refractivity contribution in [1.29, 1.82) is 0 Å². The summed E-state index contributed by atoms with van der Waals surface area (Å²) in [6.45, 7) is 5.85. The molecule has 1 fully saturated rings. The Balaban J connectivity index is 1.36. The van der Waals surface area contributed by atoms with E-state index in [1.165, 1.54) is 12.1 Å². The molecule has 0 unspecified atom stereocenters. The zero-order chi connectivity index (χ0) is 22.7. The van der Waals surface area contributed by atoms with E-state index in [-0.39, 0.29) is 30.5 Å². The van der Waals surface area contributed by atoms with Gasteiger partial charge in [0.25, 0.3) is 0 Å². The van der Waals surface area contributed by atoms with Crippen LogP contribution in [0.5, 0.6) is 0 Å². The molecular weight excluding hydrogens is 409 g/mol. The normalized spacial score (nSPS) is 14.0. The maximum Gasteiger partial charge on any atom is 0.228 e. The summed E-state index contributed by atoms with van der Waals surface area (Å²) in [5, 5.41) is 4.55. The maximum absolute atomic E-state index is 13.2. The van der Waals surface area contributed by atoms with E-state index in [1.807, 2.05) is 32.0 Å². The lowest BCUT2D eigenvalue weighted by Crippen LogP contribution is -2.51. The van der Waals surface area contributed by atoms with E-state index >= 15 is 0 Å². The van der Waals surface area contributed by atoms with Crippen LogP contribution in [0.15, 0.2) is 48.7 Å². The lowest BCUT2D eigenvalue weighted by Gasteiger charge is -2.35. The summed E-state index contributed by atoms with van der Waals surface area (Å²) in [4.78, 5) is 33.3. The summed E-state index contributed by atoms with van der Waals surface area (Å²) in [6, 6.07) is 11.7. The molecule has 2 aromatic heterocycles. The summed E-state index contributed by atoms with van der Waals surface area (Å²) < 4.78 is 15.0. The summed E-state index contributed by atoms with van der Waals surface area (Å²) in [6.07, 6.45) is 2.21. The van der Waals surface area contributed by atoms with Crippen molar-refractivity contribution >= 4 is 11.8 Å². The van der Waals surface area contributed by atoms with E-state index in [2.05, 4.69) is 10.1 Å². The van der Waals surface area contributed by atoms with Crippen molar-refractivity contribution in [2.45, 2.75) is 26.7 Å². The Morgan fingerprint density at radius 2 is 1.53 bits per heavy atom. The standard InChI is InChI=1S/C24H26FN5O2/c1-17-22(18(2)30(27-17)21-8-6-19(25)7-9-21)16-24(32)29-13-11-28(12-14-29)23(31)15-20-5-3-4-10-26-20/h3-10H,11-16H2,1-2H3. The van der Waals surface area contributed by atoms with Crippen molar-refractivity contribution in [3.8, 4) is 5.69 Å². The molecule has 0 bridgehead atoms. The lowest BCUT2D eigenvalue weighted by atomic mass is 10.1. The third-order valence-corrected chi connectivity index (χ3v) is 5.88. The Morgan fingerprint density at radius 3 is 2.12 bits per heavy atom. The Morgan fingerprint density at radius 1 is 0.906 bits per heavy atom. The van der Waals surface area contributed by atoms with Gasteiger partial charge in [-0.15, -0.1) is 0 Å². The molecule has 3 heterocycles. The van der Waals surface area contributed by atoms with Gasteiger partial charge in [-0.05, 0) is 50.2 Å². The lowest BCUT2D eigenvalue weighted by molar-refractivity contribution is -0.138. The van der Waals surface area contributed by atoms with Crippen molar-refractivity contribution in [1.82, 2.24) is 24.6 Å². The first-order valence-corrected chi connectivity index (χ1v) is 10.7.